The van der Waals surface area contributed by atoms with Crippen molar-refractivity contribution in [3.63, 3.8) is 0 Å². The van der Waals surface area contributed by atoms with Crippen molar-refractivity contribution >= 4 is 23.6 Å². The van der Waals surface area contributed by atoms with Crippen LogP contribution in [0.4, 0.5) is 19.0 Å². The quantitative estimate of drug-likeness (QED) is 0.366. The summed E-state index contributed by atoms with van der Waals surface area (Å²) in [5.41, 5.74) is 0.682. The molecule has 0 saturated heterocycles. The van der Waals surface area contributed by atoms with E-state index in [1.54, 1.807) is 42.6 Å². The molecular weight excluding hydrogens is 513 g/mol. The number of halogens is 3. The van der Waals surface area contributed by atoms with Gasteiger partial charge in [-0.15, -0.1) is 0 Å². The highest BCUT2D eigenvalue weighted by atomic mass is 19.4. The number of nitrogens with zero attached hydrogens (tertiary/aromatic N) is 2. The SMILES string of the molecule is COC(=O)c1cccc([C@@H]2c3cnn(-c4ccccc4)c3NC(=O)[C@H]2NC(=O)c2cccc(C(F)(F)F)c2)c1. The third-order valence-corrected chi connectivity index (χ3v) is 6.40. The van der Waals surface area contributed by atoms with Crippen LogP contribution >= 0.6 is 0 Å². The summed E-state index contributed by atoms with van der Waals surface area (Å²) in [4.78, 5) is 38.8. The number of hydrogen-bond acceptors (Lipinski definition) is 5. The maximum absolute atomic E-state index is 13.5. The summed E-state index contributed by atoms with van der Waals surface area (Å²) in [6.45, 7) is 0. The molecule has 0 bridgehead atoms. The normalized spacial score (nSPS) is 16.7. The van der Waals surface area contributed by atoms with Crippen LogP contribution in [0.5, 0.6) is 0 Å². The van der Waals surface area contributed by atoms with Crippen molar-refractivity contribution in [1.82, 2.24) is 15.1 Å². The summed E-state index contributed by atoms with van der Waals surface area (Å²) >= 11 is 0. The average molecular weight is 534 g/mol. The minimum atomic E-state index is -4.64. The van der Waals surface area contributed by atoms with Crippen LogP contribution in [-0.2, 0) is 15.7 Å². The fourth-order valence-corrected chi connectivity index (χ4v) is 4.56. The van der Waals surface area contributed by atoms with E-state index in [0.717, 1.165) is 18.2 Å². The van der Waals surface area contributed by atoms with Crippen molar-refractivity contribution in [3.05, 3.63) is 113 Å². The first-order valence-electron chi connectivity index (χ1n) is 11.8. The zero-order chi connectivity index (χ0) is 27.7. The monoisotopic (exact) mass is 534 g/mol. The molecular formula is C28H21F3N4O4. The molecule has 2 N–H and O–H groups in total. The zero-order valence-electron chi connectivity index (χ0n) is 20.4. The van der Waals surface area contributed by atoms with Crippen LogP contribution in [0.2, 0.25) is 0 Å². The summed E-state index contributed by atoms with van der Waals surface area (Å²) < 4.78 is 46.1. The van der Waals surface area contributed by atoms with E-state index in [9.17, 15) is 27.6 Å². The number of rotatable bonds is 5. The van der Waals surface area contributed by atoms with Crippen LogP contribution in [0.15, 0.2) is 85.1 Å². The molecule has 0 unspecified atom stereocenters. The number of esters is 1. The minimum absolute atomic E-state index is 0.223. The van der Waals surface area contributed by atoms with E-state index in [2.05, 4.69) is 15.7 Å². The second-order valence-corrected chi connectivity index (χ2v) is 8.81. The molecule has 1 aromatic heterocycles. The first-order chi connectivity index (χ1) is 18.7. The number of fused-ring (bicyclic) bond motifs is 1. The topological polar surface area (TPSA) is 102 Å². The second-order valence-electron chi connectivity index (χ2n) is 8.81. The number of para-hydroxylation sites is 1. The third-order valence-electron chi connectivity index (χ3n) is 6.40. The average Bonchev–Trinajstić information content (AvgIpc) is 3.36. The molecule has 2 amide bonds. The second kappa shape index (κ2) is 10.1. The highest BCUT2D eigenvalue weighted by Crippen LogP contribution is 2.39. The number of aromatic nitrogens is 2. The van der Waals surface area contributed by atoms with Crippen molar-refractivity contribution < 1.29 is 32.3 Å². The van der Waals surface area contributed by atoms with Crippen molar-refractivity contribution in [2.75, 3.05) is 12.4 Å². The van der Waals surface area contributed by atoms with E-state index in [0.29, 0.717) is 22.6 Å². The molecule has 5 rings (SSSR count). The van der Waals surface area contributed by atoms with Crippen molar-refractivity contribution in [2.45, 2.75) is 18.1 Å². The van der Waals surface area contributed by atoms with E-state index in [-0.39, 0.29) is 11.1 Å². The van der Waals surface area contributed by atoms with Crippen molar-refractivity contribution in [3.8, 4) is 5.69 Å². The molecule has 8 nitrogen and oxygen atoms in total. The maximum Gasteiger partial charge on any atom is 0.416 e. The molecule has 0 spiro atoms. The zero-order valence-corrected chi connectivity index (χ0v) is 20.4. The molecule has 198 valence electrons. The van der Waals surface area contributed by atoms with Crippen LogP contribution in [0.3, 0.4) is 0 Å². The molecule has 2 heterocycles. The standard InChI is InChI=1S/C28H21F3N4O4/c1-39-27(38)18-9-5-7-16(13-18)22-21-15-32-35(20-11-3-2-4-12-20)24(21)34-26(37)23(22)33-25(36)17-8-6-10-19(14-17)28(29,30)31/h2-15,22-23H,1H3,(H,33,36)(H,34,37)/t22-,23+/m1/s1. The highest BCUT2D eigenvalue weighted by molar-refractivity contribution is 6.04. The van der Waals surface area contributed by atoms with E-state index in [1.165, 1.54) is 17.9 Å². The van der Waals surface area contributed by atoms with Crippen LogP contribution in [-0.4, -0.2) is 40.7 Å². The Bertz CT molecular complexity index is 1570. The lowest BCUT2D eigenvalue weighted by Gasteiger charge is -2.32. The summed E-state index contributed by atoms with van der Waals surface area (Å²) in [6, 6.07) is 18.1. The Morgan fingerprint density at radius 2 is 1.69 bits per heavy atom. The van der Waals surface area contributed by atoms with E-state index in [1.807, 2.05) is 18.2 Å². The number of carbonyl (C=O) groups excluding carboxylic acids is 3. The van der Waals surface area contributed by atoms with Gasteiger partial charge in [0.05, 0.1) is 30.1 Å². The number of hydrogen-bond donors (Lipinski definition) is 2. The van der Waals surface area contributed by atoms with Gasteiger partial charge in [-0.25, -0.2) is 9.48 Å². The van der Waals surface area contributed by atoms with Gasteiger partial charge < -0.3 is 15.4 Å². The summed E-state index contributed by atoms with van der Waals surface area (Å²) in [6.07, 6.45) is -3.10. The summed E-state index contributed by atoms with van der Waals surface area (Å²) in [5, 5.41) is 9.80. The lowest BCUT2D eigenvalue weighted by Crippen LogP contribution is -2.50. The molecule has 4 aromatic rings. The molecule has 2 atom stereocenters. The molecule has 3 aromatic carbocycles. The smallest absolute Gasteiger partial charge is 0.416 e. The summed E-state index contributed by atoms with van der Waals surface area (Å²) in [7, 11) is 1.24. The van der Waals surface area contributed by atoms with Gasteiger partial charge in [-0.05, 0) is 48.0 Å². The van der Waals surface area contributed by atoms with Gasteiger partial charge in [0.25, 0.3) is 5.91 Å². The highest BCUT2D eigenvalue weighted by Gasteiger charge is 2.41. The molecule has 39 heavy (non-hydrogen) atoms. The van der Waals surface area contributed by atoms with Crippen LogP contribution in [0.25, 0.3) is 5.69 Å². The Morgan fingerprint density at radius 1 is 0.974 bits per heavy atom. The Labute approximate surface area is 220 Å². The van der Waals surface area contributed by atoms with Gasteiger partial charge in [0, 0.05) is 17.0 Å². The van der Waals surface area contributed by atoms with Crippen LogP contribution in [0.1, 0.15) is 43.3 Å². The lowest BCUT2D eigenvalue weighted by molar-refractivity contribution is -0.137. The number of anilines is 1. The van der Waals surface area contributed by atoms with Gasteiger partial charge in [0.1, 0.15) is 11.9 Å². The van der Waals surface area contributed by atoms with E-state index in [4.69, 9.17) is 4.74 Å². The molecule has 11 heteroatoms. The fourth-order valence-electron chi connectivity index (χ4n) is 4.56. The number of ether oxygens (including phenoxy) is 1. The van der Waals surface area contributed by atoms with Gasteiger partial charge >= 0.3 is 12.1 Å². The largest absolute Gasteiger partial charge is 0.465 e. The van der Waals surface area contributed by atoms with Gasteiger partial charge in [-0.3, -0.25) is 9.59 Å². The van der Waals surface area contributed by atoms with Gasteiger partial charge in [0.2, 0.25) is 5.91 Å². The molecule has 0 saturated carbocycles. The number of carbonyl (C=O) groups is 3. The number of methoxy groups -OCH3 is 1. The Morgan fingerprint density at radius 3 is 2.41 bits per heavy atom. The number of amides is 2. The third kappa shape index (κ3) is 4.98. The Hall–Kier alpha value is -4.93. The van der Waals surface area contributed by atoms with Gasteiger partial charge in [0.15, 0.2) is 0 Å². The van der Waals surface area contributed by atoms with Crippen LogP contribution in [0, 0.1) is 0 Å². The molecule has 1 aliphatic heterocycles. The fraction of sp³-hybridized carbons (Fsp3) is 0.143. The first-order valence-corrected chi connectivity index (χ1v) is 11.8. The molecule has 0 fully saturated rings. The Kier molecular flexibility index (Phi) is 6.65. The van der Waals surface area contributed by atoms with Gasteiger partial charge in [-0.1, -0.05) is 36.4 Å². The van der Waals surface area contributed by atoms with E-state index < -0.39 is 41.5 Å². The minimum Gasteiger partial charge on any atom is -0.465 e. The van der Waals surface area contributed by atoms with Crippen LogP contribution < -0.4 is 10.6 Å². The number of nitrogens with one attached hydrogen (secondary N) is 2. The number of alkyl halides is 3. The maximum atomic E-state index is 13.5. The first kappa shape index (κ1) is 25.7. The van der Waals surface area contributed by atoms with Gasteiger partial charge in [-0.2, -0.15) is 18.3 Å². The lowest BCUT2D eigenvalue weighted by atomic mass is 9.82. The predicted molar refractivity (Wildman–Crippen MR) is 135 cm³/mol. The predicted octanol–water partition coefficient (Wildman–Crippen LogP) is 4.56. The number of benzene rings is 3. The van der Waals surface area contributed by atoms with E-state index >= 15 is 0 Å². The molecule has 0 aliphatic carbocycles. The summed E-state index contributed by atoms with van der Waals surface area (Å²) in [5.74, 6) is -2.53. The molecule has 0 radical (unpaired) electrons. The van der Waals surface area contributed by atoms with Crippen molar-refractivity contribution in [2.24, 2.45) is 0 Å². The Balaban J connectivity index is 1.58. The van der Waals surface area contributed by atoms with Crippen molar-refractivity contribution in [1.29, 1.82) is 0 Å². The molecule has 1 aliphatic rings.